The van der Waals surface area contributed by atoms with E-state index in [1.807, 2.05) is 35.2 Å². The molecule has 2 amide bonds. The van der Waals surface area contributed by atoms with Gasteiger partial charge in [0.1, 0.15) is 11.4 Å². The maximum Gasteiger partial charge on any atom is 0.416 e. The highest BCUT2D eigenvalue weighted by Crippen LogP contribution is 2.37. The van der Waals surface area contributed by atoms with E-state index in [2.05, 4.69) is 10.3 Å². The van der Waals surface area contributed by atoms with Gasteiger partial charge in [-0.25, -0.2) is 4.98 Å². The minimum Gasteiger partial charge on any atom is -0.481 e. The molecule has 2 saturated heterocycles. The van der Waals surface area contributed by atoms with Crippen molar-refractivity contribution in [2.75, 3.05) is 36.4 Å². The molecule has 2 aliphatic heterocycles. The molecule has 2 aliphatic rings. The molecular weight excluding hydrogens is 541 g/mol. The van der Waals surface area contributed by atoms with Gasteiger partial charge in [-0.1, -0.05) is 18.2 Å². The van der Waals surface area contributed by atoms with E-state index in [9.17, 15) is 22.8 Å². The van der Waals surface area contributed by atoms with Gasteiger partial charge in [-0.15, -0.1) is 11.3 Å². The zero-order valence-electron chi connectivity index (χ0n) is 22.1. The summed E-state index contributed by atoms with van der Waals surface area (Å²) in [6, 6.07) is 12.7. The number of para-hydroxylation sites is 1. The molecule has 3 heterocycles. The summed E-state index contributed by atoms with van der Waals surface area (Å²) in [6.07, 6.45) is -1.81. The number of likely N-dealkylation sites (tertiary alicyclic amines) is 1. The molecule has 40 heavy (non-hydrogen) atoms. The molecule has 0 bridgehead atoms. The number of carbonyl (C=O) groups is 2. The normalized spacial score (nSPS) is 17.1. The highest BCUT2D eigenvalue weighted by molar-refractivity contribution is 7.10. The largest absolute Gasteiger partial charge is 0.481 e. The number of aromatic nitrogens is 1. The van der Waals surface area contributed by atoms with Crippen molar-refractivity contribution in [2.45, 2.75) is 50.8 Å². The van der Waals surface area contributed by atoms with Gasteiger partial charge in [0.25, 0.3) is 11.8 Å². The molecule has 1 unspecified atom stereocenters. The summed E-state index contributed by atoms with van der Waals surface area (Å²) >= 11 is 1.36. The number of carbonyl (C=O) groups excluding carboxylic acids is 2. The van der Waals surface area contributed by atoms with Gasteiger partial charge in [0.2, 0.25) is 0 Å². The van der Waals surface area contributed by atoms with Crippen molar-refractivity contribution in [3.8, 4) is 5.75 Å². The molecule has 1 N–H and O–H groups in total. The van der Waals surface area contributed by atoms with Gasteiger partial charge in [0.05, 0.1) is 21.9 Å². The van der Waals surface area contributed by atoms with Crippen LogP contribution in [-0.4, -0.2) is 54.0 Å². The van der Waals surface area contributed by atoms with Crippen LogP contribution in [0.5, 0.6) is 5.75 Å². The number of amides is 2. The number of halogens is 3. The third kappa shape index (κ3) is 6.41. The predicted molar refractivity (Wildman–Crippen MR) is 148 cm³/mol. The standard InChI is InChI=1S/C29H31F3N4O3S/c1-19(39-22-7-3-2-4-8-22)28(38)36-15-11-20(12-16-36)27-34-24(18-40-27)26(37)33-23-17-21(29(30,31)32)9-10-25(23)35-13-5-6-14-35/h2-4,7-10,17-20H,5-6,11-16H2,1H3,(H,33,37). The quantitative estimate of drug-likeness (QED) is 0.366. The number of benzene rings is 2. The van der Waals surface area contributed by atoms with Gasteiger partial charge >= 0.3 is 6.18 Å². The second-order valence-corrected chi connectivity index (χ2v) is 11.0. The van der Waals surface area contributed by atoms with Crippen LogP contribution in [0.25, 0.3) is 0 Å². The molecule has 1 atom stereocenters. The number of ether oxygens (including phenoxy) is 1. The first-order chi connectivity index (χ1) is 19.2. The van der Waals surface area contributed by atoms with Gasteiger partial charge in [0.15, 0.2) is 6.10 Å². The maximum absolute atomic E-state index is 13.4. The Morgan fingerprint density at radius 2 is 1.75 bits per heavy atom. The van der Waals surface area contributed by atoms with E-state index in [1.54, 1.807) is 17.2 Å². The lowest BCUT2D eigenvalue weighted by atomic mass is 9.97. The number of nitrogens with zero attached hydrogens (tertiary/aromatic N) is 3. The average Bonchev–Trinajstić information content (AvgIpc) is 3.66. The number of piperidine rings is 1. The van der Waals surface area contributed by atoms with Gasteiger partial charge < -0.3 is 19.9 Å². The van der Waals surface area contributed by atoms with Crippen LogP contribution in [0.15, 0.2) is 53.9 Å². The zero-order valence-corrected chi connectivity index (χ0v) is 22.9. The molecule has 0 radical (unpaired) electrons. The fraction of sp³-hybridized carbons (Fsp3) is 0.414. The van der Waals surface area contributed by atoms with Gasteiger partial charge in [-0.2, -0.15) is 13.2 Å². The van der Waals surface area contributed by atoms with Crippen LogP contribution in [-0.2, 0) is 11.0 Å². The average molecular weight is 573 g/mol. The molecule has 0 saturated carbocycles. The fourth-order valence-corrected chi connectivity index (χ4v) is 6.14. The summed E-state index contributed by atoms with van der Waals surface area (Å²) in [7, 11) is 0. The van der Waals surface area contributed by atoms with Crippen molar-refractivity contribution in [2.24, 2.45) is 0 Å². The van der Waals surface area contributed by atoms with E-state index in [1.165, 1.54) is 17.4 Å². The lowest BCUT2D eigenvalue weighted by molar-refractivity contribution is -0.139. The van der Waals surface area contributed by atoms with Crippen LogP contribution >= 0.6 is 11.3 Å². The molecule has 1 aromatic heterocycles. The van der Waals surface area contributed by atoms with E-state index in [0.29, 0.717) is 37.4 Å². The number of nitrogens with one attached hydrogen (secondary N) is 1. The zero-order chi connectivity index (χ0) is 28.3. The van der Waals surface area contributed by atoms with Gasteiger partial charge in [0, 0.05) is 37.5 Å². The van der Waals surface area contributed by atoms with Crippen LogP contribution in [0.1, 0.15) is 59.6 Å². The Morgan fingerprint density at radius 1 is 1.05 bits per heavy atom. The Bertz CT molecular complexity index is 1330. The minimum atomic E-state index is -4.52. The van der Waals surface area contributed by atoms with Crippen LogP contribution < -0.4 is 15.0 Å². The summed E-state index contributed by atoms with van der Waals surface area (Å²) < 4.78 is 46.0. The second-order valence-electron chi connectivity index (χ2n) is 10.1. The van der Waals surface area contributed by atoms with E-state index in [-0.39, 0.29) is 23.2 Å². The smallest absolute Gasteiger partial charge is 0.416 e. The van der Waals surface area contributed by atoms with E-state index >= 15 is 0 Å². The third-order valence-corrected chi connectivity index (χ3v) is 8.34. The molecule has 11 heteroatoms. The van der Waals surface area contributed by atoms with E-state index in [0.717, 1.165) is 43.1 Å². The SMILES string of the molecule is CC(Oc1ccccc1)C(=O)N1CCC(c2nc(C(=O)Nc3cc(C(F)(F)F)ccc3N3CCCC3)cs2)CC1. The Labute approximate surface area is 235 Å². The summed E-state index contributed by atoms with van der Waals surface area (Å²) in [5.74, 6) is 0.123. The fourth-order valence-electron chi connectivity index (χ4n) is 5.17. The van der Waals surface area contributed by atoms with Crippen LogP contribution in [0.3, 0.4) is 0 Å². The first-order valence-corrected chi connectivity index (χ1v) is 14.3. The minimum absolute atomic E-state index is 0.0728. The lowest BCUT2D eigenvalue weighted by Gasteiger charge is -2.32. The van der Waals surface area contributed by atoms with Crippen LogP contribution in [0, 0.1) is 0 Å². The lowest BCUT2D eigenvalue weighted by Crippen LogP contribution is -2.44. The van der Waals surface area contributed by atoms with Crippen molar-refractivity contribution in [1.29, 1.82) is 0 Å². The maximum atomic E-state index is 13.4. The van der Waals surface area contributed by atoms with Crippen molar-refractivity contribution in [3.63, 3.8) is 0 Å². The molecule has 7 nitrogen and oxygen atoms in total. The van der Waals surface area contributed by atoms with E-state index in [4.69, 9.17) is 4.74 Å². The second kappa shape index (κ2) is 11.9. The first kappa shape index (κ1) is 27.9. The predicted octanol–water partition coefficient (Wildman–Crippen LogP) is 6.19. The number of hydrogen-bond donors (Lipinski definition) is 1. The first-order valence-electron chi connectivity index (χ1n) is 13.4. The van der Waals surface area contributed by atoms with Gasteiger partial charge in [-0.05, 0) is 62.9 Å². The van der Waals surface area contributed by atoms with E-state index < -0.39 is 23.8 Å². The molecule has 212 valence electrons. The number of anilines is 2. The number of thiazole rings is 1. The topological polar surface area (TPSA) is 74.8 Å². The Kier molecular flexibility index (Phi) is 8.30. The van der Waals surface area contributed by atoms with Crippen molar-refractivity contribution >= 4 is 34.5 Å². The monoisotopic (exact) mass is 572 g/mol. The molecule has 0 spiro atoms. The van der Waals surface area contributed by atoms with Crippen molar-refractivity contribution < 1.29 is 27.5 Å². The summed E-state index contributed by atoms with van der Waals surface area (Å²) in [5.41, 5.74) is 0.0782. The van der Waals surface area contributed by atoms with Crippen LogP contribution in [0.4, 0.5) is 24.5 Å². The van der Waals surface area contributed by atoms with Crippen LogP contribution in [0.2, 0.25) is 0 Å². The highest BCUT2D eigenvalue weighted by atomic mass is 32.1. The van der Waals surface area contributed by atoms with Crippen molar-refractivity contribution in [3.05, 3.63) is 70.2 Å². The third-order valence-electron chi connectivity index (χ3n) is 7.33. The molecule has 2 fully saturated rings. The Morgan fingerprint density at radius 3 is 2.42 bits per heavy atom. The number of hydrogen-bond acceptors (Lipinski definition) is 6. The molecule has 5 rings (SSSR count). The number of rotatable bonds is 7. The molecule has 2 aromatic carbocycles. The molecule has 3 aromatic rings. The summed E-state index contributed by atoms with van der Waals surface area (Å²) in [4.78, 5) is 34.3. The molecular formula is C29H31F3N4O3S. The highest BCUT2D eigenvalue weighted by Gasteiger charge is 2.33. The Balaban J connectivity index is 1.21. The summed E-state index contributed by atoms with van der Waals surface area (Å²) in [5, 5.41) is 5.11. The number of alkyl halides is 3. The van der Waals surface area contributed by atoms with Crippen molar-refractivity contribution in [1.82, 2.24) is 9.88 Å². The van der Waals surface area contributed by atoms with Gasteiger partial charge in [-0.3, -0.25) is 9.59 Å². The Hall–Kier alpha value is -3.60. The molecule has 0 aliphatic carbocycles. The summed E-state index contributed by atoms with van der Waals surface area (Å²) in [6.45, 7) is 4.31.